The van der Waals surface area contributed by atoms with Gasteiger partial charge in [0, 0.05) is 25.7 Å². The molecule has 0 amide bonds. The topological polar surface area (TPSA) is 42.8 Å². The van der Waals surface area contributed by atoms with Crippen LogP contribution in [0.5, 0.6) is 0 Å². The molecule has 1 N–H and O–H groups in total. The molecular formula is C10H17N3OS. The summed E-state index contributed by atoms with van der Waals surface area (Å²) in [6.45, 7) is 4.80. The fourth-order valence-corrected chi connectivity index (χ4v) is 2.27. The first-order chi connectivity index (χ1) is 7.33. The fraction of sp³-hybridized carbons (Fsp3) is 0.800. The summed E-state index contributed by atoms with van der Waals surface area (Å²) in [5, 5.41) is 7.24. The molecule has 1 aliphatic heterocycles. The first-order valence-electron chi connectivity index (χ1n) is 5.55. The summed E-state index contributed by atoms with van der Waals surface area (Å²) in [5.74, 6) is 1.63. The van der Waals surface area contributed by atoms with Gasteiger partial charge in [-0.3, -0.25) is 5.10 Å². The summed E-state index contributed by atoms with van der Waals surface area (Å²) in [5.41, 5.74) is 0. The van der Waals surface area contributed by atoms with Gasteiger partial charge in [-0.25, -0.2) is 0 Å². The number of aromatic nitrogens is 3. The molecule has 1 saturated heterocycles. The molecular weight excluding hydrogens is 210 g/mol. The van der Waals surface area contributed by atoms with E-state index in [4.69, 9.17) is 17.0 Å². The second-order valence-corrected chi connectivity index (χ2v) is 4.31. The third-order valence-electron chi connectivity index (χ3n) is 2.82. The van der Waals surface area contributed by atoms with Gasteiger partial charge in [0.25, 0.3) is 0 Å². The van der Waals surface area contributed by atoms with Crippen molar-refractivity contribution in [3.8, 4) is 0 Å². The molecule has 0 spiro atoms. The van der Waals surface area contributed by atoms with Crippen LogP contribution >= 0.6 is 12.2 Å². The Labute approximate surface area is 94.6 Å². The molecule has 0 atom stereocenters. The number of aromatic amines is 1. The predicted molar refractivity (Wildman–Crippen MR) is 60.5 cm³/mol. The molecule has 0 bridgehead atoms. The van der Waals surface area contributed by atoms with Gasteiger partial charge in [0.2, 0.25) is 0 Å². The summed E-state index contributed by atoms with van der Waals surface area (Å²) in [6.07, 6.45) is 3.21. The van der Waals surface area contributed by atoms with Crippen molar-refractivity contribution in [3.05, 3.63) is 10.6 Å². The summed E-state index contributed by atoms with van der Waals surface area (Å²) < 4.78 is 8.23. The van der Waals surface area contributed by atoms with Gasteiger partial charge in [-0.15, -0.1) is 0 Å². The van der Waals surface area contributed by atoms with Crippen molar-refractivity contribution in [2.24, 2.45) is 0 Å². The van der Waals surface area contributed by atoms with E-state index in [9.17, 15) is 0 Å². The van der Waals surface area contributed by atoms with Gasteiger partial charge in [-0.2, -0.15) is 5.10 Å². The molecule has 1 aliphatic rings. The third kappa shape index (κ3) is 2.29. The molecule has 1 fully saturated rings. The monoisotopic (exact) mass is 227 g/mol. The van der Waals surface area contributed by atoms with E-state index in [1.807, 2.05) is 0 Å². The van der Waals surface area contributed by atoms with E-state index in [-0.39, 0.29) is 0 Å². The van der Waals surface area contributed by atoms with E-state index in [0.29, 0.717) is 5.92 Å². The minimum absolute atomic E-state index is 0.512. The molecule has 84 valence electrons. The molecule has 1 aromatic rings. The summed E-state index contributed by atoms with van der Waals surface area (Å²) >= 11 is 5.22. The normalized spacial score (nSPS) is 18.2. The largest absolute Gasteiger partial charge is 0.381 e. The minimum Gasteiger partial charge on any atom is -0.381 e. The Hall–Kier alpha value is -0.680. The maximum absolute atomic E-state index is 5.35. The fourth-order valence-electron chi connectivity index (χ4n) is 2.04. The van der Waals surface area contributed by atoms with Crippen LogP contribution in [0.15, 0.2) is 0 Å². The highest BCUT2D eigenvalue weighted by Crippen LogP contribution is 2.25. The van der Waals surface area contributed by atoms with Gasteiger partial charge in [0.15, 0.2) is 4.77 Å². The molecule has 4 nitrogen and oxygen atoms in total. The SMILES string of the molecule is CCCn1c(C2CCOCC2)n[nH]c1=S. The van der Waals surface area contributed by atoms with Crippen molar-refractivity contribution in [1.29, 1.82) is 0 Å². The van der Waals surface area contributed by atoms with Crippen LogP contribution in [0.4, 0.5) is 0 Å². The van der Waals surface area contributed by atoms with Crippen LogP contribution in [0.2, 0.25) is 0 Å². The number of hydrogen-bond donors (Lipinski definition) is 1. The molecule has 0 radical (unpaired) electrons. The van der Waals surface area contributed by atoms with Gasteiger partial charge in [-0.1, -0.05) is 6.92 Å². The minimum atomic E-state index is 0.512. The average Bonchev–Trinajstić information content (AvgIpc) is 2.63. The molecule has 0 aromatic carbocycles. The second kappa shape index (κ2) is 4.90. The van der Waals surface area contributed by atoms with E-state index in [1.165, 1.54) is 0 Å². The van der Waals surface area contributed by atoms with Gasteiger partial charge in [-0.05, 0) is 31.5 Å². The number of H-pyrrole nitrogens is 1. The number of rotatable bonds is 3. The molecule has 15 heavy (non-hydrogen) atoms. The van der Waals surface area contributed by atoms with Crippen LogP contribution in [-0.4, -0.2) is 28.0 Å². The summed E-state index contributed by atoms with van der Waals surface area (Å²) in [6, 6.07) is 0. The van der Waals surface area contributed by atoms with Crippen molar-refractivity contribution in [2.45, 2.75) is 38.6 Å². The highest BCUT2D eigenvalue weighted by molar-refractivity contribution is 7.71. The van der Waals surface area contributed by atoms with Crippen LogP contribution in [-0.2, 0) is 11.3 Å². The molecule has 0 saturated carbocycles. The van der Waals surface area contributed by atoms with Crippen LogP contribution in [0, 0.1) is 4.77 Å². The summed E-state index contributed by atoms with van der Waals surface area (Å²) in [4.78, 5) is 0. The highest BCUT2D eigenvalue weighted by atomic mass is 32.1. The lowest BCUT2D eigenvalue weighted by Crippen LogP contribution is -2.18. The Kier molecular flexibility index (Phi) is 3.53. The van der Waals surface area contributed by atoms with E-state index in [1.54, 1.807) is 0 Å². The van der Waals surface area contributed by atoms with Crippen molar-refractivity contribution in [3.63, 3.8) is 0 Å². The van der Waals surface area contributed by atoms with E-state index < -0.39 is 0 Å². The number of nitrogens with one attached hydrogen (secondary N) is 1. The van der Waals surface area contributed by atoms with Gasteiger partial charge in [0.1, 0.15) is 5.82 Å². The Morgan fingerprint density at radius 1 is 1.53 bits per heavy atom. The van der Waals surface area contributed by atoms with Crippen LogP contribution < -0.4 is 0 Å². The van der Waals surface area contributed by atoms with Gasteiger partial charge in [0.05, 0.1) is 0 Å². The van der Waals surface area contributed by atoms with Crippen molar-refractivity contribution < 1.29 is 4.74 Å². The lowest BCUT2D eigenvalue weighted by atomic mass is 9.99. The second-order valence-electron chi connectivity index (χ2n) is 3.93. The van der Waals surface area contributed by atoms with E-state index >= 15 is 0 Å². The van der Waals surface area contributed by atoms with Crippen LogP contribution in [0.25, 0.3) is 0 Å². The Morgan fingerprint density at radius 3 is 2.93 bits per heavy atom. The molecule has 0 unspecified atom stereocenters. The number of nitrogens with zero attached hydrogens (tertiary/aromatic N) is 2. The maximum atomic E-state index is 5.35. The molecule has 0 aliphatic carbocycles. The van der Waals surface area contributed by atoms with Gasteiger partial charge < -0.3 is 9.30 Å². The van der Waals surface area contributed by atoms with E-state index in [2.05, 4.69) is 21.7 Å². The maximum Gasteiger partial charge on any atom is 0.195 e. The first kappa shape index (κ1) is 10.8. The molecule has 5 heteroatoms. The number of hydrogen-bond acceptors (Lipinski definition) is 3. The zero-order valence-corrected chi connectivity index (χ0v) is 9.85. The Morgan fingerprint density at radius 2 is 2.27 bits per heavy atom. The Balaban J connectivity index is 2.22. The third-order valence-corrected chi connectivity index (χ3v) is 3.13. The van der Waals surface area contributed by atoms with Crippen molar-refractivity contribution in [2.75, 3.05) is 13.2 Å². The number of ether oxygens (including phenoxy) is 1. The molecule has 1 aromatic heterocycles. The Bertz CT molecular complexity index is 365. The highest BCUT2D eigenvalue weighted by Gasteiger charge is 2.21. The zero-order chi connectivity index (χ0) is 10.7. The standard InChI is InChI=1S/C10H17N3OS/c1-2-5-13-9(11-12-10(13)15)8-3-6-14-7-4-8/h8H,2-7H2,1H3,(H,12,15). The average molecular weight is 227 g/mol. The first-order valence-corrected chi connectivity index (χ1v) is 5.96. The van der Waals surface area contributed by atoms with Crippen LogP contribution in [0.3, 0.4) is 0 Å². The van der Waals surface area contributed by atoms with Crippen LogP contribution in [0.1, 0.15) is 37.9 Å². The molecule has 2 heterocycles. The lowest BCUT2D eigenvalue weighted by Gasteiger charge is -2.21. The summed E-state index contributed by atoms with van der Waals surface area (Å²) in [7, 11) is 0. The quantitative estimate of drug-likeness (QED) is 0.805. The predicted octanol–water partition coefficient (Wildman–Crippen LogP) is 2.24. The van der Waals surface area contributed by atoms with E-state index in [0.717, 1.165) is 49.6 Å². The smallest absolute Gasteiger partial charge is 0.195 e. The van der Waals surface area contributed by atoms with Crippen molar-refractivity contribution in [1.82, 2.24) is 14.8 Å². The van der Waals surface area contributed by atoms with Gasteiger partial charge >= 0.3 is 0 Å². The van der Waals surface area contributed by atoms with Crippen molar-refractivity contribution >= 4 is 12.2 Å². The lowest BCUT2D eigenvalue weighted by molar-refractivity contribution is 0.0827. The zero-order valence-electron chi connectivity index (χ0n) is 9.03. The molecule has 2 rings (SSSR count).